The maximum Gasteiger partial charge on any atom is 0.326 e. The molecule has 34 heavy (non-hydrogen) atoms. The maximum absolute atomic E-state index is 13.1. The third-order valence-corrected chi connectivity index (χ3v) is 5.83. The monoisotopic (exact) mass is 477 g/mol. The van der Waals surface area contributed by atoms with E-state index < -0.39 is 54.5 Å². The van der Waals surface area contributed by atoms with Crippen molar-refractivity contribution in [1.82, 2.24) is 15.5 Å². The van der Waals surface area contributed by atoms with Gasteiger partial charge in [0, 0.05) is 6.54 Å². The SMILES string of the molecule is NCCCCC(NC(=O)C(CO)NC(=O)C(N)Cc1ccccc1)C(=O)N1CCCC1C(=O)O. The van der Waals surface area contributed by atoms with Crippen LogP contribution >= 0.6 is 0 Å². The topological polar surface area (TPSA) is 188 Å². The molecule has 2 rings (SSSR count). The Kier molecular flexibility index (Phi) is 10.9. The molecule has 1 saturated heterocycles. The number of carbonyl (C=O) groups is 4. The fourth-order valence-electron chi connectivity index (χ4n) is 3.94. The van der Waals surface area contributed by atoms with Gasteiger partial charge in [0.25, 0.3) is 0 Å². The Labute approximate surface area is 198 Å². The molecule has 1 fully saturated rings. The minimum atomic E-state index is -1.31. The van der Waals surface area contributed by atoms with Crippen LogP contribution in [-0.2, 0) is 25.6 Å². The van der Waals surface area contributed by atoms with E-state index >= 15 is 0 Å². The number of carbonyl (C=O) groups excluding carboxylic acids is 3. The predicted octanol–water partition coefficient (Wildman–Crippen LogP) is -1.28. The van der Waals surface area contributed by atoms with Crippen LogP contribution in [0, 0.1) is 0 Å². The van der Waals surface area contributed by atoms with Gasteiger partial charge in [-0.15, -0.1) is 0 Å². The Hall–Kier alpha value is -3.02. The molecule has 11 heteroatoms. The minimum Gasteiger partial charge on any atom is -0.480 e. The summed E-state index contributed by atoms with van der Waals surface area (Å²) in [6, 6.07) is 4.94. The highest BCUT2D eigenvalue weighted by atomic mass is 16.4. The number of aliphatic carboxylic acids is 1. The van der Waals surface area contributed by atoms with E-state index in [1.54, 1.807) is 0 Å². The number of aliphatic hydroxyl groups is 1. The van der Waals surface area contributed by atoms with E-state index in [9.17, 15) is 29.4 Å². The number of hydrogen-bond donors (Lipinski definition) is 6. The Morgan fingerprint density at radius 1 is 1.06 bits per heavy atom. The van der Waals surface area contributed by atoms with Gasteiger partial charge >= 0.3 is 5.97 Å². The second kappa shape index (κ2) is 13.6. The van der Waals surface area contributed by atoms with Crippen LogP contribution in [0.2, 0.25) is 0 Å². The lowest BCUT2D eigenvalue weighted by Gasteiger charge is -2.28. The quantitative estimate of drug-likeness (QED) is 0.189. The molecule has 188 valence electrons. The van der Waals surface area contributed by atoms with Crippen molar-refractivity contribution in [2.24, 2.45) is 11.5 Å². The van der Waals surface area contributed by atoms with Crippen molar-refractivity contribution in [3.8, 4) is 0 Å². The third kappa shape index (κ3) is 7.79. The molecule has 0 bridgehead atoms. The van der Waals surface area contributed by atoms with Gasteiger partial charge in [0.15, 0.2) is 0 Å². The Balaban J connectivity index is 2.03. The second-order valence-corrected chi connectivity index (χ2v) is 8.41. The van der Waals surface area contributed by atoms with E-state index in [0.717, 1.165) is 5.56 Å². The van der Waals surface area contributed by atoms with E-state index in [1.807, 2.05) is 30.3 Å². The maximum atomic E-state index is 13.1. The number of rotatable bonds is 13. The molecule has 8 N–H and O–H groups in total. The number of likely N-dealkylation sites (tertiary alicyclic amines) is 1. The van der Waals surface area contributed by atoms with Gasteiger partial charge in [-0.25, -0.2) is 4.79 Å². The molecular weight excluding hydrogens is 442 g/mol. The molecule has 1 heterocycles. The Morgan fingerprint density at radius 2 is 1.74 bits per heavy atom. The van der Waals surface area contributed by atoms with Gasteiger partial charge in [-0.3, -0.25) is 14.4 Å². The van der Waals surface area contributed by atoms with Crippen LogP contribution in [0.5, 0.6) is 0 Å². The summed E-state index contributed by atoms with van der Waals surface area (Å²) in [7, 11) is 0. The molecule has 3 amide bonds. The number of unbranched alkanes of at least 4 members (excludes halogenated alkanes) is 1. The van der Waals surface area contributed by atoms with Crippen LogP contribution in [0.25, 0.3) is 0 Å². The molecule has 0 radical (unpaired) electrons. The van der Waals surface area contributed by atoms with Crippen LogP contribution in [0.1, 0.15) is 37.7 Å². The Morgan fingerprint density at radius 3 is 2.35 bits per heavy atom. The van der Waals surface area contributed by atoms with Gasteiger partial charge in [0.05, 0.1) is 12.6 Å². The lowest BCUT2D eigenvalue weighted by atomic mass is 10.1. The van der Waals surface area contributed by atoms with Gasteiger partial charge in [0.2, 0.25) is 17.7 Å². The number of amides is 3. The molecule has 4 atom stereocenters. The van der Waals surface area contributed by atoms with Gasteiger partial charge in [0.1, 0.15) is 18.1 Å². The molecule has 0 aliphatic carbocycles. The number of benzene rings is 1. The summed E-state index contributed by atoms with van der Waals surface area (Å²) in [4.78, 5) is 51.2. The largest absolute Gasteiger partial charge is 0.480 e. The fraction of sp³-hybridized carbons (Fsp3) is 0.565. The predicted molar refractivity (Wildman–Crippen MR) is 124 cm³/mol. The number of carboxylic acid groups (broad SMARTS) is 1. The van der Waals surface area contributed by atoms with E-state index in [-0.39, 0.29) is 19.4 Å². The third-order valence-electron chi connectivity index (χ3n) is 5.83. The van der Waals surface area contributed by atoms with Crippen molar-refractivity contribution in [2.45, 2.75) is 62.7 Å². The van der Waals surface area contributed by atoms with E-state index in [4.69, 9.17) is 11.5 Å². The molecule has 0 saturated carbocycles. The normalized spacial score (nSPS) is 18.1. The van der Waals surface area contributed by atoms with E-state index in [0.29, 0.717) is 32.2 Å². The summed E-state index contributed by atoms with van der Waals surface area (Å²) in [6.07, 6.45) is 2.57. The average molecular weight is 478 g/mol. The number of nitrogens with zero attached hydrogens (tertiary/aromatic N) is 1. The zero-order valence-electron chi connectivity index (χ0n) is 19.2. The van der Waals surface area contributed by atoms with Crippen molar-refractivity contribution in [3.05, 3.63) is 35.9 Å². The minimum absolute atomic E-state index is 0.248. The van der Waals surface area contributed by atoms with Crippen LogP contribution in [0.4, 0.5) is 0 Å². The molecular formula is C23H35N5O6. The van der Waals surface area contributed by atoms with Gasteiger partial charge < -0.3 is 37.2 Å². The molecule has 1 aromatic rings. The zero-order valence-corrected chi connectivity index (χ0v) is 19.2. The number of nitrogens with two attached hydrogens (primary N) is 2. The van der Waals surface area contributed by atoms with E-state index in [2.05, 4.69) is 10.6 Å². The molecule has 4 unspecified atom stereocenters. The van der Waals surface area contributed by atoms with Gasteiger partial charge in [-0.2, -0.15) is 0 Å². The fourth-order valence-corrected chi connectivity index (χ4v) is 3.94. The molecule has 0 spiro atoms. The first kappa shape index (κ1) is 27.2. The number of hydrogen-bond acceptors (Lipinski definition) is 7. The average Bonchev–Trinajstić information content (AvgIpc) is 3.32. The first-order valence-corrected chi connectivity index (χ1v) is 11.5. The summed E-state index contributed by atoms with van der Waals surface area (Å²) < 4.78 is 0. The molecule has 1 aliphatic heterocycles. The lowest BCUT2D eigenvalue weighted by molar-refractivity contribution is -0.149. The molecule has 1 aromatic carbocycles. The van der Waals surface area contributed by atoms with Gasteiger partial charge in [-0.1, -0.05) is 30.3 Å². The zero-order chi connectivity index (χ0) is 25.1. The second-order valence-electron chi connectivity index (χ2n) is 8.41. The van der Waals surface area contributed by atoms with Crippen molar-refractivity contribution in [2.75, 3.05) is 19.7 Å². The highest BCUT2D eigenvalue weighted by Crippen LogP contribution is 2.20. The smallest absolute Gasteiger partial charge is 0.326 e. The van der Waals surface area contributed by atoms with Crippen molar-refractivity contribution in [3.63, 3.8) is 0 Å². The summed E-state index contributed by atoms with van der Waals surface area (Å²) >= 11 is 0. The van der Waals surface area contributed by atoms with Crippen molar-refractivity contribution < 1.29 is 29.4 Å². The summed E-state index contributed by atoms with van der Waals surface area (Å²) in [5, 5.41) is 24.1. The highest BCUT2D eigenvalue weighted by molar-refractivity contribution is 5.94. The van der Waals surface area contributed by atoms with Crippen LogP contribution in [0.15, 0.2) is 30.3 Å². The molecule has 0 aromatic heterocycles. The van der Waals surface area contributed by atoms with Crippen LogP contribution in [0.3, 0.4) is 0 Å². The summed E-state index contributed by atoms with van der Waals surface area (Å²) in [5.74, 6) is -2.96. The first-order chi connectivity index (χ1) is 16.3. The lowest BCUT2D eigenvalue weighted by Crippen LogP contribution is -2.58. The molecule has 1 aliphatic rings. The summed E-state index contributed by atoms with van der Waals surface area (Å²) in [5.41, 5.74) is 12.3. The van der Waals surface area contributed by atoms with Gasteiger partial charge in [-0.05, 0) is 50.6 Å². The number of carboxylic acids is 1. The number of aliphatic hydroxyl groups excluding tert-OH is 1. The van der Waals surface area contributed by atoms with Crippen LogP contribution < -0.4 is 22.1 Å². The van der Waals surface area contributed by atoms with Crippen molar-refractivity contribution >= 4 is 23.7 Å². The number of nitrogens with one attached hydrogen (secondary N) is 2. The highest BCUT2D eigenvalue weighted by Gasteiger charge is 2.38. The molecule has 11 nitrogen and oxygen atoms in total. The van der Waals surface area contributed by atoms with E-state index in [1.165, 1.54) is 4.90 Å². The standard InChI is InChI=1S/C23H35N5O6/c24-11-5-4-9-17(22(32)28-12-6-10-19(28)23(33)34)26-21(31)18(14-29)27-20(30)16(25)13-15-7-2-1-3-8-15/h1-3,7-8,16-19,29H,4-6,9-14,24-25H2,(H,26,31)(H,27,30)(H,33,34). The first-order valence-electron chi connectivity index (χ1n) is 11.5. The van der Waals surface area contributed by atoms with Crippen molar-refractivity contribution in [1.29, 1.82) is 0 Å². The Bertz CT molecular complexity index is 836. The van der Waals surface area contributed by atoms with Crippen LogP contribution in [-0.4, -0.2) is 82.7 Å². The summed E-state index contributed by atoms with van der Waals surface area (Å²) in [6.45, 7) is -0.000678.